The fraction of sp³-hybridized carbons (Fsp3) is 0.400. The van der Waals surface area contributed by atoms with Crippen LogP contribution < -0.4 is 4.46 Å². The van der Waals surface area contributed by atoms with Crippen LogP contribution in [0.15, 0.2) is 30.3 Å². The van der Waals surface area contributed by atoms with Crippen molar-refractivity contribution in [2.45, 2.75) is 30.6 Å². The third-order valence-electron chi connectivity index (χ3n) is 3.14. The van der Waals surface area contributed by atoms with Crippen LogP contribution in [-0.4, -0.2) is 38.4 Å². The van der Waals surface area contributed by atoms with E-state index in [0.717, 1.165) is 18.2 Å². The van der Waals surface area contributed by atoms with Crippen molar-refractivity contribution >= 4 is 25.3 Å². The van der Waals surface area contributed by atoms with E-state index in [1.54, 1.807) is 0 Å². The molecule has 0 N–H and O–H groups in total. The minimum absolute atomic E-state index is 0.230. The third kappa shape index (κ3) is 3.38. The van der Waals surface area contributed by atoms with Gasteiger partial charge in [-0.15, -0.1) is 0 Å². The second-order valence-corrected chi connectivity index (χ2v) is 6.69. The van der Waals surface area contributed by atoms with Gasteiger partial charge in [0, 0.05) is 0 Å². The molecule has 1 saturated heterocycles. The number of likely N-dealkylation sites (tertiary alicyclic amines) is 1. The summed E-state index contributed by atoms with van der Waals surface area (Å²) in [5.74, 6) is 2.84. The number of piperidine rings is 1. The molecule has 1 amide bonds. The summed E-state index contributed by atoms with van der Waals surface area (Å²) in [6.45, 7) is 0.467. The maximum atomic E-state index is 11.8. The van der Waals surface area contributed by atoms with E-state index < -0.39 is 0 Å². The molecule has 0 saturated carbocycles. The average molecular weight is 306 g/mol. The minimum atomic E-state index is 0.230. The second-order valence-electron chi connectivity index (χ2n) is 4.40. The van der Waals surface area contributed by atoms with Crippen molar-refractivity contribution in [3.63, 3.8) is 0 Å². The van der Waals surface area contributed by atoms with Gasteiger partial charge in [0.1, 0.15) is 0 Å². The molecule has 0 spiro atoms. The van der Waals surface area contributed by atoms with Crippen LogP contribution in [0.2, 0.25) is 5.32 Å². The van der Waals surface area contributed by atoms with Crippen molar-refractivity contribution in [2.24, 2.45) is 0 Å². The zero-order valence-corrected chi connectivity index (χ0v) is 12.1. The molecule has 3 heteroatoms. The van der Waals surface area contributed by atoms with Crippen LogP contribution in [0.3, 0.4) is 0 Å². The van der Waals surface area contributed by atoms with Crippen LogP contribution in [0, 0.1) is 12.3 Å². The summed E-state index contributed by atoms with van der Waals surface area (Å²) >= 11 is 0.427. The predicted molar refractivity (Wildman–Crippen MR) is 74.8 cm³/mol. The van der Waals surface area contributed by atoms with Crippen molar-refractivity contribution < 1.29 is 4.79 Å². The Bertz CT molecular complexity index is 438. The fourth-order valence-corrected chi connectivity index (χ4v) is 4.46. The number of amides is 1. The Morgan fingerprint density at radius 3 is 2.89 bits per heavy atom. The van der Waals surface area contributed by atoms with Crippen molar-refractivity contribution in [3.05, 3.63) is 30.3 Å². The molecular weight excluding hydrogens is 289 g/mol. The van der Waals surface area contributed by atoms with Crippen LogP contribution in [0.1, 0.15) is 19.3 Å². The van der Waals surface area contributed by atoms with Crippen LogP contribution in [0.4, 0.5) is 0 Å². The summed E-state index contributed by atoms with van der Waals surface area (Å²) in [6.07, 6.45) is 8.12. The molecule has 0 aliphatic carbocycles. The van der Waals surface area contributed by atoms with Crippen molar-refractivity contribution in [3.8, 4) is 12.3 Å². The molecule has 18 heavy (non-hydrogen) atoms. The molecule has 2 nitrogen and oxygen atoms in total. The van der Waals surface area contributed by atoms with Gasteiger partial charge in [-0.3, -0.25) is 0 Å². The normalized spacial score (nSPS) is 19.6. The molecule has 0 radical (unpaired) electrons. The first kappa shape index (κ1) is 13.2. The van der Waals surface area contributed by atoms with E-state index >= 15 is 0 Å². The fourth-order valence-electron chi connectivity index (χ4n) is 2.19. The van der Waals surface area contributed by atoms with E-state index in [0.29, 0.717) is 34.0 Å². The van der Waals surface area contributed by atoms with Crippen molar-refractivity contribution in [2.75, 3.05) is 6.54 Å². The summed E-state index contributed by atoms with van der Waals surface area (Å²) < 4.78 is 1.39. The van der Waals surface area contributed by atoms with E-state index in [4.69, 9.17) is 6.42 Å². The Morgan fingerprint density at radius 1 is 1.39 bits per heavy atom. The Balaban J connectivity index is 1.94. The van der Waals surface area contributed by atoms with Crippen molar-refractivity contribution in [1.29, 1.82) is 0 Å². The van der Waals surface area contributed by atoms with Gasteiger partial charge in [0.2, 0.25) is 0 Å². The zero-order valence-electron chi connectivity index (χ0n) is 10.3. The Labute approximate surface area is 115 Å². The number of carbonyl (C=O) groups excluding carboxylic acids is 1. The number of benzene rings is 1. The van der Waals surface area contributed by atoms with E-state index in [2.05, 4.69) is 30.2 Å². The quantitative estimate of drug-likeness (QED) is 0.609. The maximum absolute atomic E-state index is 11.8. The summed E-state index contributed by atoms with van der Waals surface area (Å²) in [5, 5.41) is 1.07. The number of hydrogen-bond acceptors (Lipinski definition) is 1. The standard InChI is InChI=1S/C15H17NOSe/c1-2-11-16-13(7-6-10-15(16)17)12-18-14-8-4-3-5-9-14/h1,3-5,8-9,13H,6-7,10-12H2. The molecule has 1 aliphatic heterocycles. The number of carbonyl (C=O) groups is 1. The first-order chi connectivity index (χ1) is 8.81. The summed E-state index contributed by atoms with van der Waals surface area (Å²) in [6, 6.07) is 10.9. The van der Waals surface area contributed by atoms with Gasteiger partial charge in [0.15, 0.2) is 0 Å². The van der Waals surface area contributed by atoms with Crippen molar-refractivity contribution in [1.82, 2.24) is 4.90 Å². The van der Waals surface area contributed by atoms with Gasteiger partial charge >= 0.3 is 115 Å². The molecule has 1 heterocycles. The molecule has 94 valence electrons. The van der Waals surface area contributed by atoms with Gasteiger partial charge in [0.05, 0.1) is 0 Å². The van der Waals surface area contributed by atoms with Gasteiger partial charge in [-0.1, -0.05) is 0 Å². The molecule has 2 rings (SSSR count). The monoisotopic (exact) mass is 307 g/mol. The predicted octanol–water partition coefficient (Wildman–Crippen LogP) is 1.45. The second kappa shape index (κ2) is 6.64. The summed E-state index contributed by atoms with van der Waals surface area (Å²) in [4.78, 5) is 13.7. The van der Waals surface area contributed by atoms with Crippen LogP contribution in [0.25, 0.3) is 0 Å². The Hall–Kier alpha value is -1.23. The summed E-state index contributed by atoms with van der Waals surface area (Å²) in [7, 11) is 0. The topological polar surface area (TPSA) is 20.3 Å². The number of hydrogen-bond donors (Lipinski definition) is 0. The van der Waals surface area contributed by atoms with Crippen LogP contribution in [0.5, 0.6) is 0 Å². The van der Waals surface area contributed by atoms with Crippen LogP contribution >= 0.6 is 0 Å². The summed E-state index contributed by atoms with van der Waals surface area (Å²) in [5.41, 5.74) is 0. The van der Waals surface area contributed by atoms with E-state index in [9.17, 15) is 4.79 Å². The zero-order chi connectivity index (χ0) is 12.8. The number of terminal acetylenes is 1. The first-order valence-electron chi connectivity index (χ1n) is 6.22. The molecule has 1 fully saturated rings. The van der Waals surface area contributed by atoms with E-state index in [-0.39, 0.29) is 5.91 Å². The molecule has 1 aliphatic rings. The van der Waals surface area contributed by atoms with Gasteiger partial charge in [-0.05, 0) is 0 Å². The Kier molecular flexibility index (Phi) is 4.87. The molecule has 1 aromatic carbocycles. The molecule has 0 aromatic heterocycles. The average Bonchev–Trinajstić information content (AvgIpc) is 2.41. The van der Waals surface area contributed by atoms with Gasteiger partial charge in [0.25, 0.3) is 0 Å². The number of nitrogens with zero attached hydrogens (tertiary/aromatic N) is 1. The van der Waals surface area contributed by atoms with E-state index in [1.165, 1.54) is 4.46 Å². The molecular formula is C15H17NOSe. The first-order valence-corrected chi connectivity index (χ1v) is 8.29. The molecule has 1 aromatic rings. The SMILES string of the molecule is C#CCN1C(=O)CCCC1C[Se]c1ccccc1. The Morgan fingerprint density at radius 2 is 2.17 bits per heavy atom. The van der Waals surface area contributed by atoms with Gasteiger partial charge in [-0.25, -0.2) is 0 Å². The molecule has 1 unspecified atom stereocenters. The third-order valence-corrected chi connectivity index (χ3v) is 5.56. The molecule has 0 bridgehead atoms. The van der Waals surface area contributed by atoms with E-state index in [1.807, 2.05) is 11.0 Å². The van der Waals surface area contributed by atoms with Crippen LogP contribution in [-0.2, 0) is 4.79 Å². The van der Waals surface area contributed by atoms with Gasteiger partial charge < -0.3 is 0 Å². The molecule has 1 atom stereocenters. The number of rotatable bonds is 4. The van der Waals surface area contributed by atoms with Gasteiger partial charge in [-0.2, -0.15) is 0 Å².